The second-order valence-electron chi connectivity index (χ2n) is 4.97. The summed E-state index contributed by atoms with van der Waals surface area (Å²) in [6.07, 6.45) is 5.41. The van der Waals surface area contributed by atoms with Gasteiger partial charge >= 0.3 is 0 Å². The minimum absolute atomic E-state index is 0.154. The Morgan fingerprint density at radius 1 is 1.40 bits per heavy atom. The highest BCUT2D eigenvalue weighted by Gasteiger charge is 2.28. The monoisotopic (exact) mass is 214 g/mol. The molecule has 0 radical (unpaired) electrons. The van der Waals surface area contributed by atoms with Gasteiger partial charge in [-0.05, 0) is 33.4 Å². The molecule has 1 fully saturated rings. The van der Waals surface area contributed by atoms with Gasteiger partial charge in [0.05, 0.1) is 12.1 Å². The van der Waals surface area contributed by atoms with Crippen LogP contribution in [0.25, 0.3) is 0 Å². The van der Waals surface area contributed by atoms with Crippen LogP contribution in [0.5, 0.6) is 0 Å². The van der Waals surface area contributed by atoms with E-state index in [1.165, 1.54) is 25.7 Å². The second kappa shape index (κ2) is 5.83. The van der Waals surface area contributed by atoms with Crippen LogP contribution >= 0.6 is 0 Å². The third-order valence-corrected chi connectivity index (χ3v) is 3.75. The fourth-order valence-electron chi connectivity index (χ4n) is 2.42. The van der Waals surface area contributed by atoms with Gasteiger partial charge in [-0.2, -0.15) is 0 Å². The molecule has 0 aromatic carbocycles. The van der Waals surface area contributed by atoms with Crippen LogP contribution in [-0.4, -0.2) is 48.3 Å². The smallest absolute Gasteiger partial charge is 0.0623 e. The molecule has 3 heteroatoms. The first-order valence-corrected chi connectivity index (χ1v) is 6.19. The summed E-state index contributed by atoms with van der Waals surface area (Å²) in [4.78, 5) is 2.51. The van der Waals surface area contributed by atoms with E-state index in [0.717, 1.165) is 19.1 Å². The average Bonchev–Trinajstić information content (AvgIpc) is 2.79. The Morgan fingerprint density at radius 3 is 2.40 bits per heavy atom. The molecule has 15 heavy (non-hydrogen) atoms. The van der Waals surface area contributed by atoms with Crippen molar-refractivity contribution in [3.05, 3.63) is 0 Å². The van der Waals surface area contributed by atoms with E-state index in [-0.39, 0.29) is 12.1 Å². The highest BCUT2D eigenvalue weighted by Crippen LogP contribution is 2.24. The maximum atomic E-state index is 9.38. The summed E-state index contributed by atoms with van der Waals surface area (Å²) in [6, 6.07) is 0.745. The van der Waals surface area contributed by atoms with Crippen molar-refractivity contribution in [3.63, 3.8) is 0 Å². The van der Waals surface area contributed by atoms with Gasteiger partial charge in [0.2, 0.25) is 0 Å². The van der Waals surface area contributed by atoms with Crippen LogP contribution in [0.4, 0.5) is 0 Å². The zero-order valence-corrected chi connectivity index (χ0v) is 10.4. The Balaban J connectivity index is 2.51. The van der Waals surface area contributed by atoms with E-state index >= 15 is 0 Å². The Labute approximate surface area is 93.9 Å². The molecule has 1 aliphatic rings. The lowest BCUT2D eigenvalue weighted by Gasteiger charge is -2.36. The van der Waals surface area contributed by atoms with Crippen LogP contribution in [0, 0.1) is 0 Å². The highest BCUT2D eigenvalue weighted by atomic mass is 16.3. The number of aliphatic hydroxyl groups excluding tert-OH is 1. The molecule has 0 saturated heterocycles. The van der Waals surface area contributed by atoms with Gasteiger partial charge in [0.15, 0.2) is 0 Å². The molecule has 0 aliphatic heterocycles. The topological polar surface area (TPSA) is 35.5 Å². The average molecular weight is 214 g/mol. The minimum Gasteiger partial charge on any atom is -0.394 e. The number of nitrogens with one attached hydrogen (secondary N) is 1. The summed E-state index contributed by atoms with van der Waals surface area (Å²) < 4.78 is 0. The first-order chi connectivity index (χ1) is 7.15. The molecule has 1 rings (SSSR count). The lowest BCUT2D eigenvalue weighted by molar-refractivity contribution is 0.104. The number of hydrogen-bond acceptors (Lipinski definition) is 3. The molecule has 1 unspecified atom stereocenters. The second-order valence-corrected chi connectivity index (χ2v) is 4.97. The normalized spacial score (nSPS) is 22.2. The van der Waals surface area contributed by atoms with Crippen molar-refractivity contribution >= 4 is 0 Å². The summed E-state index contributed by atoms with van der Waals surface area (Å²) in [5, 5.41) is 12.6. The molecule has 2 N–H and O–H groups in total. The Kier molecular flexibility index (Phi) is 5.03. The zero-order chi connectivity index (χ0) is 11.3. The lowest BCUT2D eigenvalue weighted by Crippen LogP contribution is -2.54. The van der Waals surface area contributed by atoms with Crippen molar-refractivity contribution in [3.8, 4) is 0 Å². The van der Waals surface area contributed by atoms with Crippen molar-refractivity contribution in [1.82, 2.24) is 10.2 Å². The number of aliphatic hydroxyl groups is 1. The molecule has 0 aromatic heterocycles. The largest absolute Gasteiger partial charge is 0.394 e. The van der Waals surface area contributed by atoms with Crippen LogP contribution in [-0.2, 0) is 0 Å². The molecule has 0 bridgehead atoms. The Hall–Kier alpha value is -0.120. The van der Waals surface area contributed by atoms with Gasteiger partial charge in [-0.25, -0.2) is 0 Å². The van der Waals surface area contributed by atoms with Gasteiger partial charge in [0.1, 0.15) is 0 Å². The van der Waals surface area contributed by atoms with Gasteiger partial charge in [0, 0.05) is 12.6 Å². The first-order valence-electron chi connectivity index (χ1n) is 6.19. The Bertz CT molecular complexity index is 174. The van der Waals surface area contributed by atoms with Crippen LogP contribution in [0.1, 0.15) is 39.5 Å². The van der Waals surface area contributed by atoms with Crippen molar-refractivity contribution in [2.45, 2.75) is 51.1 Å². The number of hydrogen-bond donors (Lipinski definition) is 2. The van der Waals surface area contributed by atoms with E-state index in [9.17, 15) is 5.11 Å². The fourth-order valence-corrected chi connectivity index (χ4v) is 2.42. The van der Waals surface area contributed by atoms with E-state index in [1.807, 2.05) is 7.05 Å². The van der Waals surface area contributed by atoms with Gasteiger partial charge in [-0.1, -0.05) is 19.8 Å². The highest BCUT2D eigenvalue weighted by molar-refractivity contribution is 4.88. The van der Waals surface area contributed by atoms with E-state index < -0.39 is 0 Å². The van der Waals surface area contributed by atoms with E-state index in [2.05, 4.69) is 24.1 Å². The zero-order valence-electron chi connectivity index (χ0n) is 10.4. The van der Waals surface area contributed by atoms with Crippen LogP contribution in [0.3, 0.4) is 0 Å². The summed E-state index contributed by atoms with van der Waals surface area (Å²) in [7, 11) is 1.93. The van der Waals surface area contributed by atoms with E-state index in [1.54, 1.807) is 0 Å². The predicted octanol–water partition coefficient (Wildman–Crippen LogP) is 1.22. The molecule has 0 heterocycles. The SMILES string of the molecule is CCN(CC(C)(CO)NC)C1CCCC1. The molecule has 1 atom stereocenters. The van der Waals surface area contributed by atoms with Gasteiger partial charge in [0.25, 0.3) is 0 Å². The molecule has 3 nitrogen and oxygen atoms in total. The van der Waals surface area contributed by atoms with Crippen LogP contribution in [0.2, 0.25) is 0 Å². The number of likely N-dealkylation sites (N-methyl/N-ethyl adjacent to an activating group) is 2. The van der Waals surface area contributed by atoms with Crippen LogP contribution in [0.15, 0.2) is 0 Å². The molecule has 90 valence electrons. The van der Waals surface area contributed by atoms with Crippen molar-refractivity contribution in [2.24, 2.45) is 0 Å². The number of rotatable bonds is 6. The van der Waals surface area contributed by atoms with Gasteiger partial charge < -0.3 is 10.4 Å². The lowest BCUT2D eigenvalue weighted by atomic mass is 10.0. The minimum atomic E-state index is -0.154. The summed E-state index contributed by atoms with van der Waals surface area (Å²) in [5.41, 5.74) is -0.154. The van der Waals surface area contributed by atoms with Crippen molar-refractivity contribution < 1.29 is 5.11 Å². The first kappa shape index (κ1) is 12.9. The third-order valence-electron chi connectivity index (χ3n) is 3.75. The molecular formula is C12H26N2O. The van der Waals surface area contributed by atoms with Gasteiger partial charge in [-0.15, -0.1) is 0 Å². The molecule has 0 aromatic rings. The summed E-state index contributed by atoms with van der Waals surface area (Å²) >= 11 is 0. The van der Waals surface area contributed by atoms with Crippen molar-refractivity contribution in [2.75, 3.05) is 26.7 Å². The fraction of sp³-hybridized carbons (Fsp3) is 1.00. The van der Waals surface area contributed by atoms with Crippen molar-refractivity contribution in [1.29, 1.82) is 0 Å². The quantitative estimate of drug-likeness (QED) is 0.698. The van der Waals surface area contributed by atoms with Crippen LogP contribution < -0.4 is 5.32 Å². The molecule has 1 saturated carbocycles. The van der Waals surface area contributed by atoms with Gasteiger partial charge in [-0.3, -0.25) is 4.90 Å². The Morgan fingerprint density at radius 2 is 2.00 bits per heavy atom. The standard InChI is InChI=1S/C12H26N2O/c1-4-14(11-7-5-6-8-11)9-12(2,10-15)13-3/h11,13,15H,4-10H2,1-3H3. The maximum absolute atomic E-state index is 9.38. The summed E-state index contributed by atoms with van der Waals surface area (Å²) in [5.74, 6) is 0. The molecule has 0 amide bonds. The molecule has 1 aliphatic carbocycles. The maximum Gasteiger partial charge on any atom is 0.0623 e. The predicted molar refractivity (Wildman–Crippen MR) is 64.1 cm³/mol. The molecule has 0 spiro atoms. The summed E-state index contributed by atoms with van der Waals surface area (Å²) in [6.45, 7) is 6.53. The van der Waals surface area contributed by atoms with E-state index in [0.29, 0.717) is 0 Å². The number of nitrogens with zero attached hydrogens (tertiary/aromatic N) is 1. The van der Waals surface area contributed by atoms with E-state index in [4.69, 9.17) is 0 Å². The third kappa shape index (κ3) is 3.44. The molecular weight excluding hydrogens is 188 g/mol.